The van der Waals surface area contributed by atoms with E-state index >= 15 is 0 Å². The molecule has 1 N–H and O–H groups in total. The molecule has 0 bridgehead atoms. The topological polar surface area (TPSA) is 51.4 Å². The van der Waals surface area contributed by atoms with Crippen molar-refractivity contribution in [3.8, 4) is 11.5 Å². The number of ether oxygens (including phenoxy) is 2. The van der Waals surface area contributed by atoms with Crippen LogP contribution < -0.4 is 36.3 Å². The second-order valence-electron chi connectivity index (χ2n) is 10.3. The highest BCUT2D eigenvalue weighted by Gasteiger charge is 2.13. The van der Waals surface area contributed by atoms with E-state index in [4.69, 9.17) is 9.47 Å². The first kappa shape index (κ1) is 33.8. The maximum atomic E-state index is 12.6. The largest absolute Gasteiger partial charge is 1.00 e. The number of unbranched alkanes of at least 4 members (excludes halogenated alkanes) is 11. The Labute approximate surface area is 256 Å². The first-order valence-electron chi connectivity index (χ1n) is 14.8. The lowest BCUT2D eigenvalue weighted by Crippen LogP contribution is -3.00. The lowest BCUT2D eigenvalue weighted by atomic mass is 10.1. The SMILES string of the molecule is CCCCCCCCCCCCCCOc1ccc(OCC(=O)Nc2ccccc2C[n+]2ccsc2C)cc1.[Br-]. The molecule has 0 saturated heterocycles. The molecule has 1 aromatic heterocycles. The molecular formula is C33H47BrN2O3S. The third-order valence-corrected chi connectivity index (χ3v) is 7.81. The van der Waals surface area contributed by atoms with Gasteiger partial charge in [-0.3, -0.25) is 4.79 Å². The molecule has 7 heteroatoms. The highest BCUT2D eigenvalue weighted by molar-refractivity contribution is 7.09. The van der Waals surface area contributed by atoms with Crippen molar-refractivity contribution in [1.29, 1.82) is 0 Å². The number of hydrogen-bond donors (Lipinski definition) is 1. The molecule has 220 valence electrons. The molecule has 0 unspecified atom stereocenters. The summed E-state index contributed by atoms with van der Waals surface area (Å²) in [5.41, 5.74) is 1.87. The van der Waals surface area contributed by atoms with Gasteiger partial charge in [0.05, 0.1) is 17.7 Å². The van der Waals surface area contributed by atoms with Crippen LogP contribution in [0.15, 0.2) is 60.1 Å². The standard InChI is InChI=1S/C33H46N2O3S.BrH/c1-3-4-5-6-7-8-9-10-11-12-13-16-24-37-30-19-21-31(22-20-30)38-27-33(36)34-32-18-15-14-17-29(32)26-35-23-25-39-28(35)2;/h14-15,17-23,25H,3-13,16,24,26-27H2,1-2H3;1H. The monoisotopic (exact) mass is 630 g/mol. The minimum absolute atomic E-state index is 0. The zero-order chi connectivity index (χ0) is 27.5. The molecule has 0 radical (unpaired) electrons. The highest BCUT2D eigenvalue weighted by atomic mass is 79.9. The second-order valence-corrected chi connectivity index (χ2v) is 11.4. The van der Waals surface area contributed by atoms with Crippen LogP contribution in [0.4, 0.5) is 5.69 Å². The van der Waals surface area contributed by atoms with Crippen LogP contribution in [0.5, 0.6) is 11.5 Å². The Kier molecular flexibility index (Phi) is 17.3. The fourth-order valence-corrected chi connectivity index (χ4v) is 5.27. The third kappa shape index (κ3) is 13.3. The van der Waals surface area contributed by atoms with E-state index in [-0.39, 0.29) is 29.5 Å². The first-order chi connectivity index (χ1) is 19.2. The molecule has 0 aliphatic heterocycles. The van der Waals surface area contributed by atoms with Crippen LogP contribution in [-0.4, -0.2) is 19.1 Å². The Bertz CT molecular complexity index is 1090. The van der Waals surface area contributed by atoms with Crippen LogP contribution in [0.25, 0.3) is 0 Å². The number of carbonyl (C=O) groups is 1. The number of nitrogens with one attached hydrogen (secondary N) is 1. The molecule has 0 aliphatic carbocycles. The van der Waals surface area contributed by atoms with Crippen LogP contribution >= 0.6 is 11.3 Å². The van der Waals surface area contributed by atoms with E-state index in [1.165, 1.54) is 75.6 Å². The number of hydrogen-bond acceptors (Lipinski definition) is 4. The summed E-state index contributed by atoms with van der Waals surface area (Å²) in [6.07, 6.45) is 18.1. The molecule has 1 amide bonds. The third-order valence-electron chi connectivity index (χ3n) is 6.98. The minimum Gasteiger partial charge on any atom is -1.00 e. The van der Waals surface area contributed by atoms with Crippen molar-refractivity contribution in [3.05, 3.63) is 70.7 Å². The lowest BCUT2D eigenvalue weighted by molar-refractivity contribution is -0.689. The Morgan fingerprint density at radius 2 is 1.38 bits per heavy atom. The van der Waals surface area contributed by atoms with Gasteiger partial charge in [0.1, 0.15) is 11.5 Å². The van der Waals surface area contributed by atoms with E-state index in [9.17, 15) is 4.79 Å². The van der Waals surface area contributed by atoms with Crippen LogP contribution in [0.1, 0.15) is 94.5 Å². The molecule has 3 rings (SSSR count). The van der Waals surface area contributed by atoms with Crippen LogP contribution in [0, 0.1) is 6.92 Å². The second kappa shape index (κ2) is 20.5. The number of aryl methyl sites for hydroxylation is 1. The van der Waals surface area contributed by atoms with Gasteiger partial charge in [0.2, 0.25) is 5.01 Å². The summed E-state index contributed by atoms with van der Waals surface area (Å²) >= 11 is 1.71. The van der Waals surface area contributed by atoms with Gasteiger partial charge in [-0.05, 0) is 36.8 Å². The minimum atomic E-state index is -0.179. The van der Waals surface area contributed by atoms with Gasteiger partial charge >= 0.3 is 0 Å². The molecule has 40 heavy (non-hydrogen) atoms. The fraction of sp³-hybridized carbons (Fsp3) is 0.515. The van der Waals surface area contributed by atoms with Crippen LogP contribution in [-0.2, 0) is 11.3 Å². The molecule has 5 nitrogen and oxygen atoms in total. The van der Waals surface area contributed by atoms with Crippen LogP contribution in [0.3, 0.4) is 0 Å². The average molecular weight is 632 g/mol. The van der Waals surface area contributed by atoms with Gasteiger partial charge < -0.3 is 31.8 Å². The highest BCUT2D eigenvalue weighted by Crippen LogP contribution is 2.19. The van der Waals surface area contributed by atoms with Crippen molar-refractivity contribution < 1.29 is 35.8 Å². The summed E-state index contributed by atoms with van der Waals surface area (Å²) in [6, 6.07) is 15.4. The van der Waals surface area contributed by atoms with Crippen molar-refractivity contribution >= 4 is 22.9 Å². The lowest BCUT2D eigenvalue weighted by Gasteiger charge is -2.11. The van der Waals surface area contributed by atoms with Crippen molar-refractivity contribution in [3.63, 3.8) is 0 Å². The zero-order valence-corrected chi connectivity index (χ0v) is 26.7. The Morgan fingerprint density at radius 1 is 0.800 bits per heavy atom. The smallest absolute Gasteiger partial charge is 0.262 e. The Hall–Kier alpha value is -2.38. The summed E-state index contributed by atoms with van der Waals surface area (Å²) < 4.78 is 13.8. The first-order valence-corrected chi connectivity index (χ1v) is 15.7. The number of thiazole rings is 1. The van der Waals surface area contributed by atoms with Gasteiger partial charge in [-0.2, -0.15) is 4.57 Å². The summed E-state index contributed by atoms with van der Waals surface area (Å²) in [7, 11) is 0. The van der Waals surface area contributed by atoms with E-state index in [0.717, 1.165) is 30.0 Å². The number of aromatic nitrogens is 1. The van der Waals surface area contributed by atoms with E-state index < -0.39 is 0 Å². The van der Waals surface area contributed by atoms with Gasteiger partial charge in [0.25, 0.3) is 5.91 Å². The number of nitrogens with zero attached hydrogens (tertiary/aromatic N) is 1. The number of halogens is 1. The molecule has 0 aliphatic rings. The van der Waals surface area contributed by atoms with E-state index in [1.54, 1.807) is 11.3 Å². The van der Waals surface area contributed by atoms with E-state index in [1.807, 2.05) is 48.5 Å². The quantitative estimate of drug-likeness (QED) is 0.133. The van der Waals surface area contributed by atoms with Crippen molar-refractivity contribution in [2.45, 2.75) is 97.4 Å². The van der Waals surface area contributed by atoms with Crippen molar-refractivity contribution in [2.75, 3.05) is 18.5 Å². The summed E-state index contributed by atoms with van der Waals surface area (Å²) in [4.78, 5) is 12.6. The molecule has 0 spiro atoms. The predicted molar refractivity (Wildman–Crippen MR) is 162 cm³/mol. The summed E-state index contributed by atoms with van der Waals surface area (Å²) in [5.74, 6) is 1.31. The van der Waals surface area contributed by atoms with Gasteiger partial charge in [0, 0.05) is 12.5 Å². The Balaban J connectivity index is 0.00000560. The maximum Gasteiger partial charge on any atom is 0.262 e. The Morgan fingerprint density at radius 3 is 1.98 bits per heavy atom. The zero-order valence-electron chi connectivity index (χ0n) is 24.3. The number of para-hydroxylation sites is 1. The van der Waals surface area contributed by atoms with Gasteiger partial charge in [-0.1, -0.05) is 107 Å². The van der Waals surface area contributed by atoms with Gasteiger partial charge in [-0.15, -0.1) is 0 Å². The molecule has 1 heterocycles. The number of carbonyl (C=O) groups excluding carboxylic acids is 1. The maximum absolute atomic E-state index is 12.6. The molecule has 2 aromatic carbocycles. The molecular weight excluding hydrogens is 584 g/mol. The van der Waals surface area contributed by atoms with E-state index in [2.05, 4.69) is 35.3 Å². The predicted octanol–water partition coefficient (Wildman–Crippen LogP) is 5.49. The molecule has 0 saturated carbocycles. The molecule has 0 fully saturated rings. The fourth-order valence-electron chi connectivity index (χ4n) is 4.60. The number of amides is 1. The summed E-state index contributed by atoms with van der Waals surface area (Å²) in [5, 5.41) is 6.29. The van der Waals surface area contributed by atoms with Gasteiger partial charge in [0.15, 0.2) is 19.3 Å². The normalized spacial score (nSPS) is 10.7. The van der Waals surface area contributed by atoms with Crippen molar-refractivity contribution in [1.82, 2.24) is 0 Å². The van der Waals surface area contributed by atoms with Crippen molar-refractivity contribution in [2.24, 2.45) is 0 Å². The molecule has 0 atom stereocenters. The van der Waals surface area contributed by atoms with Gasteiger partial charge in [-0.25, -0.2) is 0 Å². The number of anilines is 1. The van der Waals surface area contributed by atoms with E-state index in [0.29, 0.717) is 12.3 Å². The average Bonchev–Trinajstić information content (AvgIpc) is 3.35. The number of benzene rings is 2. The number of rotatable bonds is 20. The molecule has 3 aromatic rings. The summed E-state index contributed by atoms with van der Waals surface area (Å²) in [6.45, 7) is 5.78. The van der Waals surface area contributed by atoms with Crippen LogP contribution in [0.2, 0.25) is 0 Å².